The summed E-state index contributed by atoms with van der Waals surface area (Å²) in [6.07, 6.45) is 4.38. The van der Waals surface area contributed by atoms with E-state index in [4.69, 9.17) is 11.3 Å². The van der Waals surface area contributed by atoms with E-state index in [2.05, 4.69) is 9.74 Å². The molecule has 2 bridgehead atoms. The molecule has 1 N–H and O–H groups in total. The van der Waals surface area contributed by atoms with E-state index in [0.29, 0.717) is 24.3 Å². The van der Waals surface area contributed by atoms with Gasteiger partial charge in [0.2, 0.25) is 5.69 Å². The van der Waals surface area contributed by atoms with Crippen LogP contribution in [0.15, 0.2) is 12.1 Å². The summed E-state index contributed by atoms with van der Waals surface area (Å²) >= 11 is 0. The predicted octanol–water partition coefficient (Wildman–Crippen LogP) is 2.37. The Morgan fingerprint density at radius 3 is 2.96 bits per heavy atom. The number of hydrogen-bond donors (Lipinski definition) is 1. The number of nitrogens with zero attached hydrogens (tertiary/aromatic N) is 2. The average Bonchev–Trinajstić information content (AvgIpc) is 3.37. The molecule has 1 saturated heterocycles. The van der Waals surface area contributed by atoms with Gasteiger partial charge < -0.3 is 9.84 Å². The molecule has 2 aliphatic heterocycles. The summed E-state index contributed by atoms with van der Waals surface area (Å²) in [4.78, 5) is 18.9. The number of ether oxygens (including phenoxy) is 1. The molecular formula is C21H22N2O3. The van der Waals surface area contributed by atoms with Crippen molar-refractivity contribution in [1.29, 1.82) is 0 Å². The van der Waals surface area contributed by atoms with E-state index in [-0.39, 0.29) is 11.8 Å². The minimum Gasteiger partial charge on any atom is -0.492 e. The van der Waals surface area contributed by atoms with Crippen LogP contribution in [0, 0.1) is 12.5 Å². The van der Waals surface area contributed by atoms with Crippen molar-refractivity contribution in [3.05, 3.63) is 34.7 Å². The zero-order valence-corrected chi connectivity index (χ0v) is 14.7. The maximum Gasteiger partial charge on any atom is 0.228 e. The number of hydrogen-bond acceptors (Lipinski definition) is 4. The van der Waals surface area contributed by atoms with Crippen molar-refractivity contribution in [3.8, 4) is 5.75 Å². The molecule has 6 rings (SSSR count). The Bertz CT molecular complexity index is 886. The monoisotopic (exact) mass is 350 g/mol. The molecule has 5 nitrogen and oxygen atoms in total. The summed E-state index contributed by atoms with van der Waals surface area (Å²) in [5.74, 6) is 1.43. The molecule has 0 amide bonds. The van der Waals surface area contributed by atoms with Crippen LogP contribution >= 0.6 is 0 Å². The van der Waals surface area contributed by atoms with E-state index < -0.39 is 17.1 Å². The Morgan fingerprint density at radius 2 is 2.19 bits per heavy atom. The number of carbonyl (C=O) groups is 1. The molecule has 0 aromatic heterocycles. The lowest BCUT2D eigenvalue weighted by Gasteiger charge is -2.62. The molecule has 0 radical (unpaired) electrons. The van der Waals surface area contributed by atoms with Gasteiger partial charge in [-0.15, -0.1) is 0 Å². The molecule has 5 aliphatic rings. The molecule has 1 aromatic rings. The van der Waals surface area contributed by atoms with E-state index in [0.717, 1.165) is 37.4 Å². The smallest absolute Gasteiger partial charge is 0.228 e. The first-order chi connectivity index (χ1) is 12.6. The van der Waals surface area contributed by atoms with Crippen LogP contribution in [0.25, 0.3) is 4.85 Å². The van der Waals surface area contributed by atoms with Crippen molar-refractivity contribution in [1.82, 2.24) is 4.90 Å². The maximum atomic E-state index is 12.8. The van der Waals surface area contributed by atoms with E-state index in [1.165, 1.54) is 18.4 Å². The number of benzene rings is 1. The van der Waals surface area contributed by atoms with Gasteiger partial charge >= 0.3 is 0 Å². The molecule has 4 atom stereocenters. The Morgan fingerprint density at radius 1 is 1.35 bits per heavy atom. The largest absolute Gasteiger partial charge is 0.492 e. The van der Waals surface area contributed by atoms with Gasteiger partial charge in [0.05, 0.1) is 17.6 Å². The fourth-order valence-corrected chi connectivity index (χ4v) is 6.35. The van der Waals surface area contributed by atoms with Crippen molar-refractivity contribution in [3.63, 3.8) is 0 Å². The number of piperidine rings is 1. The number of Topliss-reactive ketones (excluding diaryl/α,β-unsaturated/α-hetero) is 1. The van der Waals surface area contributed by atoms with Crippen molar-refractivity contribution >= 4 is 11.5 Å². The van der Waals surface area contributed by atoms with Crippen LogP contribution in [0.2, 0.25) is 0 Å². The third kappa shape index (κ3) is 1.57. The fourth-order valence-electron chi connectivity index (χ4n) is 6.35. The van der Waals surface area contributed by atoms with Crippen molar-refractivity contribution in [2.45, 2.75) is 61.7 Å². The van der Waals surface area contributed by atoms with Gasteiger partial charge in [-0.05, 0) is 55.7 Å². The number of carbonyl (C=O) groups excluding carboxylic acids is 1. The molecular weight excluding hydrogens is 328 g/mol. The number of ketones is 1. The minimum atomic E-state index is -0.933. The molecule has 1 unspecified atom stereocenters. The normalized spacial score (nSPS) is 39.9. The molecule has 2 heterocycles. The van der Waals surface area contributed by atoms with Crippen molar-refractivity contribution in [2.75, 3.05) is 13.1 Å². The molecule has 3 aliphatic carbocycles. The molecule has 5 heteroatoms. The molecule has 2 saturated carbocycles. The van der Waals surface area contributed by atoms with Gasteiger partial charge in [-0.3, -0.25) is 9.69 Å². The summed E-state index contributed by atoms with van der Waals surface area (Å²) in [6.45, 7) is 9.45. The standard InChI is InChI=1S/C21H22N2O3/c1-22-14-5-4-13-10-16-21(25)7-6-15(24)19-20(21,17(13)18(14)26-19)8-9-23(16)11-12-2-3-12/h4-5,12,16,19,25H,2-3,6-11H2/t16-,19?,20+,21-/m1/s1. The number of aliphatic hydroxyl groups is 1. The molecule has 3 fully saturated rings. The topological polar surface area (TPSA) is 54.1 Å². The van der Waals surface area contributed by atoms with Gasteiger partial charge in [0.1, 0.15) is 5.75 Å². The second-order valence-corrected chi connectivity index (χ2v) is 8.83. The second kappa shape index (κ2) is 4.68. The lowest BCUT2D eigenvalue weighted by Crippen LogP contribution is -2.76. The zero-order chi connectivity index (χ0) is 17.7. The van der Waals surface area contributed by atoms with Crippen LogP contribution in [0.5, 0.6) is 5.75 Å². The highest BCUT2D eigenvalue weighted by atomic mass is 16.5. The van der Waals surface area contributed by atoms with Gasteiger partial charge in [0.25, 0.3) is 0 Å². The first kappa shape index (κ1) is 15.2. The van der Waals surface area contributed by atoms with E-state index in [1.807, 2.05) is 12.1 Å². The van der Waals surface area contributed by atoms with Crippen LogP contribution in [0.3, 0.4) is 0 Å². The van der Waals surface area contributed by atoms with Gasteiger partial charge in [-0.1, -0.05) is 12.1 Å². The quantitative estimate of drug-likeness (QED) is 0.832. The van der Waals surface area contributed by atoms with E-state index in [1.54, 1.807) is 0 Å². The first-order valence-electron chi connectivity index (χ1n) is 9.78. The third-order valence-corrected chi connectivity index (χ3v) is 7.68. The fraction of sp³-hybridized carbons (Fsp3) is 0.619. The summed E-state index contributed by atoms with van der Waals surface area (Å²) in [5.41, 5.74) is 1.03. The molecule has 26 heavy (non-hydrogen) atoms. The van der Waals surface area contributed by atoms with Crippen LogP contribution in [-0.4, -0.2) is 46.6 Å². The lowest BCUT2D eigenvalue weighted by molar-refractivity contribution is -0.188. The Labute approximate surface area is 152 Å². The predicted molar refractivity (Wildman–Crippen MR) is 94.4 cm³/mol. The van der Waals surface area contributed by atoms with Gasteiger partial charge in [0.15, 0.2) is 11.9 Å². The molecule has 1 spiro atoms. The van der Waals surface area contributed by atoms with Crippen LogP contribution in [0.4, 0.5) is 5.69 Å². The van der Waals surface area contributed by atoms with Crippen LogP contribution < -0.4 is 4.74 Å². The Balaban J connectivity index is 1.59. The highest BCUT2D eigenvalue weighted by Crippen LogP contribution is 2.65. The minimum absolute atomic E-state index is 0.0493. The van der Waals surface area contributed by atoms with Gasteiger partial charge in [0, 0.05) is 19.0 Å². The van der Waals surface area contributed by atoms with Gasteiger partial charge in [-0.2, -0.15) is 0 Å². The lowest BCUT2D eigenvalue weighted by atomic mass is 9.49. The SMILES string of the molecule is [C-]#[N+]c1ccc2c3c1OC1C(=O)CC[C@@]4(O)[C@@H](C2)N(CC2CC2)CC[C@]314. The molecule has 134 valence electrons. The van der Waals surface area contributed by atoms with Gasteiger partial charge in [-0.25, -0.2) is 4.85 Å². The highest BCUT2D eigenvalue weighted by molar-refractivity contribution is 5.90. The second-order valence-electron chi connectivity index (χ2n) is 8.83. The Kier molecular flexibility index (Phi) is 2.73. The Hall–Kier alpha value is -1.90. The average molecular weight is 350 g/mol. The molecule has 1 aromatic carbocycles. The van der Waals surface area contributed by atoms with Crippen LogP contribution in [0.1, 0.15) is 43.2 Å². The van der Waals surface area contributed by atoms with Crippen LogP contribution in [-0.2, 0) is 16.6 Å². The third-order valence-electron chi connectivity index (χ3n) is 7.68. The van der Waals surface area contributed by atoms with E-state index >= 15 is 0 Å². The summed E-state index contributed by atoms with van der Waals surface area (Å²) in [7, 11) is 0. The van der Waals surface area contributed by atoms with E-state index in [9.17, 15) is 9.90 Å². The summed E-state index contributed by atoms with van der Waals surface area (Å²) in [6, 6.07) is 3.91. The van der Waals surface area contributed by atoms with Crippen molar-refractivity contribution < 1.29 is 14.6 Å². The number of likely N-dealkylation sites (tertiary alicyclic amines) is 1. The summed E-state index contributed by atoms with van der Waals surface area (Å²) < 4.78 is 6.16. The number of rotatable bonds is 2. The summed E-state index contributed by atoms with van der Waals surface area (Å²) in [5, 5.41) is 12.0. The zero-order valence-electron chi connectivity index (χ0n) is 14.7. The maximum absolute atomic E-state index is 12.8. The first-order valence-corrected chi connectivity index (χ1v) is 9.78. The van der Waals surface area contributed by atoms with Crippen molar-refractivity contribution in [2.24, 2.45) is 5.92 Å². The highest BCUT2D eigenvalue weighted by Gasteiger charge is 2.72.